The van der Waals surface area contributed by atoms with Crippen molar-refractivity contribution >= 4 is 11.9 Å². The highest BCUT2D eigenvalue weighted by Gasteiger charge is 2.30. The van der Waals surface area contributed by atoms with Gasteiger partial charge in [0.05, 0.1) is 5.92 Å². The minimum atomic E-state index is -0.772. The molecule has 1 amide bonds. The number of nitrogens with one attached hydrogen (secondary N) is 1. The summed E-state index contributed by atoms with van der Waals surface area (Å²) >= 11 is 0. The van der Waals surface area contributed by atoms with Gasteiger partial charge in [-0.3, -0.25) is 9.59 Å². The Bertz CT molecular complexity index is 352. The van der Waals surface area contributed by atoms with E-state index in [0.717, 1.165) is 58.2 Å². The number of amides is 1. The van der Waals surface area contributed by atoms with Crippen LogP contribution >= 0.6 is 0 Å². The molecule has 0 aromatic heterocycles. The van der Waals surface area contributed by atoms with Crippen LogP contribution in [0, 0.1) is 11.8 Å². The van der Waals surface area contributed by atoms with Crippen molar-refractivity contribution in [3.8, 4) is 0 Å². The summed E-state index contributed by atoms with van der Waals surface area (Å²) in [5, 5.41) is 12.4. The summed E-state index contributed by atoms with van der Waals surface area (Å²) in [7, 11) is 0. The minimum Gasteiger partial charge on any atom is -0.481 e. The zero-order chi connectivity index (χ0) is 15.1. The Morgan fingerprint density at radius 2 is 1.86 bits per heavy atom. The third-order valence-electron chi connectivity index (χ3n) is 4.73. The molecule has 21 heavy (non-hydrogen) atoms. The van der Waals surface area contributed by atoms with E-state index in [1.807, 2.05) is 0 Å². The second-order valence-corrected chi connectivity index (χ2v) is 6.38. The monoisotopic (exact) mass is 297 g/mol. The molecule has 2 rings (SSSR count). The van der Waals surface area contributed by atoms with E-state index in [9.17, 15) is 14.7 Å². The lowest BCUT2D eigenvalue weighted by molar-refractivity contribution is -0.143. The van der Waals surface area contributed by atoms with E-state index in [1.54, 1.807) is 0 Å². The van der Waals surface area contributed by atoms with Crippen molar-refractivity contribution in [2.24, 2.45) is 11.8 Å². The largest absolute Gasteiger partial charge is 0.481 e. The molecule has 1 aliphatic heterocycles. The van der Waals surface area contributed by atoms with Crippen LogP contribution in [0.5, 0.6) is 0 Å². The van der Waals surface area contributed by atoms with E-state index < -0.39 is 11.9 Å². The van der Waals surface area contributed by atoms with Crippen LogP contribution in [0.2, 0.25) is 0 Å². The normalized spacial score (nSPS) is 30.4. The number of ether oxygens (including phenoxy) is 1. The Morgan fingerprint density at radius 3 is 2.52 bits per heavy atom. The second kappa shape index (κ2) is 8.37. The van der Waals surface area contributed by atoms with Gasteiger partial charge in [0.2, 0.25) is 5.91 Å². The first-order valence-electron chi connectivity index (χ1n) is 8.26. The Kier molecular flexibility index (Phi) is 6.49. The summed E-state index contributed by atoms with van der Waals surface area (Å²) in [5.41, 5.74) is 0. The SMILES string of the molecule is O=C(CCC1CCOC1)NC1CCCCCCC1C(=O)O. The molecule has 0 aromatic carbocycles. The van der Waals surface area contributed by atoms with E-state index >= 15 is 0 Å². The highest BCUT2D eigenvalue weighted by molar-refractivity contribution is 5.78. The topological polar surface area (TPSA) is 75.6 Å². The molecule has 0 bridgehead atoms. The molecule has 0 spiro atoms. The number of rotatable bonds is 5. The number of carbonyl (C=O) groups excluding carboxylic acids is 1. The number of hydrogen-bond acceptors (Lipinski definition) is 3. The number of hydrogen-bond donors (Lipinski definition) is 2. The molecule has 5 heteroatoms. The van der Waals surface area contributed by atoms with Gasteiger partial charge < -0.3 is 15.2 Å². The van der Waals surface area contributed by atoms with Gasteiger partial charge in [0, 0.05) is 25.7 Å². The van der Waals surface area contributed by atoms with Crippen molar-refractivity contribution in [1.82, 2.24) is 5.32 Å². The van der Waals surface area contributed by atoms with E-state index in [4.69, 9.17) is 4.74 Å². The summed E-state index contributed by atoms with van der Waals surface area (Å²) in [5.74, 6) is -0.711. The lowest BCUT2D eigenvalue weighted by atomic mass is 9.86. The molecule has 120 valence electrons. The molecule has 0 aromatic rings. The highest BCUT2D eigenvalue weighted by Crippen LogP contribution is 2.24. The third kappa shape index (κ3) is 5.30. The summed E-state index contributed by atoms with van der Waals surface area (Å²) in [4.78, 5) is 23.5. The van der Waals surface area contributed by atoms with E-state index in [0.29, 0.717) is 18.8 Å². The highest BCUT2D eigenvalue weighted by atomic mass is 16.5. The average molecular weight is 297 g/mol. The molecule has 1 saturated carbocycles. The summed E-state index contributed by atoms with van der Waals surface area (Å²) in [6.45, 7) is 1.56. The molecule has 2 N–H and O–H groups in total. The number of carboxylic acid groups (broad SMARTS) is 1. The van der Waals surface area contributed by atoms with Crippen LogP contribution in [0.15, 0.2) is 0 Å². The van der Waals surface area contributed by atoms with Crippen molar-refractivity contribution in [2.45, 2.75) is 63.8 Å². The third-order valence-corrected chi connectivity index (χ3v) is 4.73. The first-order valence-corrected chi connectivity index (χ1v) is 8.26. The maximum atomic E-state index is 12.1. The van der Waals surface area contributed by atoms with Crippen molar-refractivity contribution in [3.63, 3.8) is 0 Å². The molecular formula is C16H27NO4. The lowest BCUT2D eigenvalue weighted by Gasteiger charge is -2.27. The van der Waals surface area contributed by atoms with Crippen LogP contribution in [-0.4, -0.2) is 36.2 Å². The Hall–Kier alpha value is -1.10. The average Bonchev–Trinajstić information content (AvgIpc) is 2.92. The Balaban J connectivity index is 1.81. The number of carbonyl (C=O) groups is 2. The van der Waals surface area contributed by atoms with Gasteiger partial charge in [-0.1, -0.05) is 25.7 Å². The molecule has 1 saturated heterocycles. The first-order chi connectivity index (χ1) is 10.2. The van der Waals surface area contributed by atoms with Gasteiger partial charge in [0.15, 0.2) is 0 Å². The smallest absolute Gasteiger partial charge is 0.308 e. The van der Waals surface area contributed by atoms with Crippen LogP contribution in [-0.2, 0) is 14.3 Å². The number of aliphatic carboxylic acids is 1. The molecule has 2 fully saturated rings. The van der Waals surface area contributed by atoms with Crippen LogP contribution < -0.4 is 5.32 Å². The summed E-state index contributed by atoms with van der Waals surface area (Å²) in [6.07, 6.45) is 8.02. The van der Waals surface area contributed by atoms with Gasteiger partial charge in [-0.15, -0.1) is 0 Å². The maximum Gasteiger partial charge on any atom is 0.308 e. The molecule has 3 atom stereocenters. The van der Waals surface area contributed by atoms with E-state index in [2.05, 4.69) is 5.32 Å². The fourth-order valence-corrected chi connectivity index (χ4v) is 3.38. The van der Waals surface area contributed by atoms with Gasteiger partial charge in [-0.25, -0.2) is 0 Å². The van der Waals surface area contributed by atoms with Crippen LogP contribution in [0.1, 0.15) is 57.8 Å². The molecule has 0 radical (unpaired) electrons. The molecule has 3 unspecified atom stereocenters. The summed E-state index contributed by atoms with van der Waals surface area (Å²) < 4.78 is 5.31. The predicted molar refractivity (Wildman–Crippen MR) is 78.9 cm³/mol. The van der Waals surface area contributed by atoms with Gasteiger partial charge in [-0.05, 0) is 31.6 Å². The molecule has 1 aliphatic carbocycles. The molecule has 2 aliphatic rings. The quantitative estimate of drug-likeness (QED) is 0.816. The second-order valence-electron chi connectivity index (χ2n) is 6.38. The summed E-state index contributed by atoms with van der Waals surface area (Å²) in [6, 6.07) is -0.199. The van der Waals surface area contributed by atoms with Crippen LogP contribution in [0.4, 0.5) is 0 Å². The van der Waals surface area contributed by atoms with Gasteiger partial charge in [-0.2, -0.15) is 0 Å². The van der Waals surface area contributed by atoms with Gasteiger partial charge in [0.1, 0.15) is 0 Å². The fourth-order valence-electron chi connectivity index (χ4n) is 3.38. The van der Waals surface area contributed by atoms with Crippen LogP contribution in [0.25, 0.3) is 0 Å². The zero-order valence-corrected chi connectivity index (χ0v) is 12.7. The molecule has 1 heterocycles. The fraction of sp³-hybridized carbons (Fsp3) is 0.875. The van der Waals surface area contributed by atoms with Crippen molar-refractivity contribution < 1.29 is 19.4 Å². The van der Waals surface area contributed by atoms with E-state index in [1.165, 1.54) is 0 Å². The van der Waals surface area contributed by atoms with Crippen molar-refractivity contribution in [3.05, 3.63) is 0 Å². The van der Waals surface area contributed by atoms with Crippen LogP contribution in [0.3, 0.4) is 0 Å². The maximum absolute atomic E-state index is 12.1. The molecular weight excluding hydrogens is 270 g/mol. The minimum absolute atomic E-state index is 0.00118. The Labute approximate surface area is 126 Å². The predicted octanol–water partition coefficient (Wildman–Crippen LogP) is 2.34. The first kappa shape index (κ1) is 16.3. The number of carboxylic acids is 1. The van der Waals surface area contributed by atoms with Gasteiger partial charge >= 0.3 is 5.97 Å². The zero-order valence-electron chi connectivity index (χ0n) is 12.7. The Morgan fingerprint density at radius 1 is 1.10 bits per heavy atom. The standard InChI is InChI=1S/C16H27NO4/c18-15(8-7-12-9-10-21-11-12)17-14-6-4-2-1-3-5-13(14)16(19)20/h12-14H,1-11H2,(H,17,18)(H,19,20). The van der Waals surface area contributed by atoms with Crippen molar-refractivity contribution in [1.29, 1.82) is 0 Å². The molecule has 5 nitrogen and oxygen atoms in total. The van der Waals surface area contributed by atoms with Crippen molar-refractivity contribution in [2.75, 3.05) is 13.2 Å². The van der Waals surface area contributed by atoms with E-state index in [-0.39, 0.29) is 11.9 Å². The lowest BCUT2D eigenvalue weighted by Crippen LogP contribution is -2.44. The van der Waals surface area contributed by atoms with Gasteiger partial charge in [0.25, 0.3) is 0 Å².